The van der Waals surface area contributed by atoms with Gasteiger partial charge in [-0.2, -0.15) is 0 Å². The highest BCUT2D eigenvalue weighted by Gasteiger charge is 2.24. The fraction of sp³-hybridized carbons (Fsp3) is 0.353. The number of aromatic nitrogens is 4. The number of nitrogen functional groups attached to an aromatic ring is 1. The fourth-order valence-corrected chi connectivity index (χ4v) is 3.21. The van der Waals surface area contributed by atoms with E-state index in [-0.39, 0.29) is 0 Å². The maximum absolute atomic E-state index is 5.81. The molecule has 0 unspecified atom stereocenters. The minimum absolute atomic E-state index is 0.312. The van der Waals surface area contributed by atoms with Gasteiger partial charge in [0.1, 0.15) is 17.2 Å². The van der Waals surface area contributed by atoms with E-state index in [1.54, 1.807) is 25.7 Å². The lowest BCUT2D eigenvalue weighted by Crippen LogP contribution is -2.26. The van der Waals surface area contributed by atoms with E-state index in [1.165, 1.54) is 0 Å². The van der Waals surface area contributed by atoms with Crippen LogP contribution in [0.25, 0.3) is 17.0 Å². The number of methoxy groups -OCH3 is 1. The van der Waals surface area contributed by atoms with Crippen LogP contribution in [0.15, 0.2) is 36.9 Å². The van der Waals surface area contributed by atoms with E-state index in [9.17, 15) is 0 Å². The Morgan fingerprint density at radius 3 is 3.20 bits per heavy atom. The van der Waals surface area contributed by atoms with E-state index in [2.05, 4.69) is 20.6 Å². The summed E-state index contributed by atoms with van der Waals surface area (Å²) >= 11 is 0. The molecule has 1 fully saturated rings. The Bertz CT molecular complexity index is 878. The first-order valence-corrected chi connectivity index (χ1v) is 8.27. The predicted molar refractivity (Wildman–Crippen MR) is 96.3 cm³/mol. The Balaban J connectivity index is 1.55. The number of nitrogens with zero attached hydrogens (tertiary/aromatic N) is 4. The molecule has 0 bridgehead atoms. The fourth-order valence-electron chi connectivity index (χ4n) is 3.21. The molecule has 130 valence electrons. The minimum atomic E-state index is 0.312. The summed E-state index contributed by atoms with van der Waals surface area (Å²) in [6.07, 6.45) is 8.16. The summed E-state index contributed by atoms with van der Waals surface area (Å²) in [5, 5.41) is 6.89. The zero-order chi connectivity index (χ0) is 17.2. The minimum Gasteiger partial charge on any atom is -0.399 e. The molecule has 25 heavy (non-hydrogen) atoms. The van der Waals surface area contributed by atoms with Gasteiger partial charge in [0.15, 0.2) is 0 Å². The van der Waals surface area contributed by atoms with Crippen molar-refractivity contribution in [3.8, 4) is 11.4 Å². The third-order valence-electron chi connectivity index (χ3n) is 4.38. The molecule has 0 spiro atoms. The molecule has 0 amide bonds. The zero-order valence-corrected chi connectivity index (χ0v) is 14.0. The molecular formula is C17H21N7O. The van der Waals surface area contributed by atoms with Crippen LogP contribution < -0.4 is 16.4 Å². The predicted octanol–water partition coefficient (Wildman–Crippen LogP) is 1.16. The Hall–Kier alpha value is -2.71. The average molecular weight is 339 g/mol. The lowest BCUT2D eigenvalue weighted by Gasteiger charge is -2.13. The standard InChI is InChI=1S/C17H21N7O/c1-25-10-13-5-12(6-20-13)22-16-9-19-7-14(23-16)15-8-21-17-4-11(18)2-3-24(15)17/h2-4,7-9,12-13,20H,5-6,10,18H2,1H3,(H,22,23)/t12-,13+/m1/s1. The Morgan fingerprint density at radius 1 is 1.40 bits per heavy atom. The van der Waals surface area contributed by atoms with Gasteiger partial charge in [-0.25, -0.2) is 9.97 Å². The number of hydrogen-bond acceptors (Lipinski definition) is 7. The summed E-state index contributed by atoms with van der Waals surface area (Å²) in [5.74, 6) is 0.757. The highest BCUT2D eigenvalue weighted by Crippen LogP contribution is 2.21. The van der Waals surface area contributed by atoms with Crippen molar-refractivity contribution in [1.82, 2.24) is 24.7 Å². The van der Waals surface area contributed by atoms with Gasteiger partial charge < -0.3 is 21.1 Å². The molecular weight excluding hydrogens is 318 g/mol. The lowest BCUT2D eigenvalue weighted by molar-refractivity contribution is 0.173. The van der Waals surface area contributed by atoms with Gasteiger partial charge in [-0.1, -0.05) is 0 Å². The van der Waals surface area contributed by atoms with E-state index >= 15 is 0 Å². The Morgan fingerprint density at radius 2 is 2.32 bits per heavy atom. The van der Waals surface area contributed by atoms with E-state index in [0.29, 0.717) is 17.8 Å². The molecule has 1 aliphatic rings. The number of hydrogen-bond donors (Lipinski definition) is 3. The molecule has 8 heteroatoms. The normalized spacial score (nSPS) is 20.2. The van der Waals surface area contributed by atoms with Crippen LogP contribution in [0.2, 0.25) is 0 Å². The van der Waals surface area contributed by atoms with Gasteiger partial charge in [0.05, 0.1) is 30.9 Å². The van der Waals surface area contributed by atoms with Crippen LogP contribution in [0.4, 0.5) is 11.5 Å². The highest BCUT2D eigenvalue weighted by molar-refractivity contribution is 5.63. The van der Waals surface area contributed by atoms with Gasteiger partial charge in [-0.05, 0) is 12.5 Å². The van der Waals surface area contributed by atoms with Gasteiger partial charge in [-0.3, -0.25) is 9.38 Å². The molecule has 1 aliphatic heterocycles. The maximum Gasteiger partial charge on any atom is 0.145 e. The summed E-state index contributed by atoms with van der Waals surface area (Å²) in [4.78, 5) is 13.4. The van der Waals surface area contributed by atoms with Crippen LogP contribution in [-0.4, -0.2) is 51.7 Å². The van der Waals surface area contributed by atoms with Gasteiger partial charge in [0.2, 0.25) is 0 Å². The van der Waals surface area contributed by atoms with Gasteiger partial charge >= 0.3 is 0 Å². The molecule has 0 aromatic carbocycles. The number of imidazole rings is 1. The number of pyridine rings is 1. The summed E-state index contributed by atoms with van der Waals surface area (Å²) in [5.41, 5.74) is 8.94. The second kappa shape index (κ2) is 6.66. The monoisotopic (exact) mass is 339 g/mol. The van der Waals surface area contributed by atoms with Crippen molar-refractivity contribution < 1.29 is 4.74 Å². The van der Waals surface area contributed by atoms with Crippen molar-refractivity contribution in [1.29, 1.82) is 0 Å². The first-order valence-electron chi connectivity index (χ1n) is 8.27. The van der Waals surface area contributed by atoms with Gasteiger partial charge in [0, 0.05) is 43.7 Å². The topological polar surface area (TPSA) is 102 Å². The number of anilines is 2. The van der Waals surface area contributed by atoms with Crippen LogP contribution >= 0.6 is 0 Å². The lowest BCUT2D eigenvalue weighted by atomic mass is 10.2. The Kier molecular flexibility index (Phi) is 4.21. The van der Waals surface area contributed by atoms with Gasteiger partial charge in [-0.15, -0.1) is 0 Å². The molecule has 4 heterocycles. The smallest absolute Gasteiger partial charge is 0.145 e. The summed E-state index contributed by atoms with van der Waals surface area (Å²) in [6, 6.07) is 4.36. The van der Waals surface area contributed by atoms with Crippen molar-refractivity contribution >= 4 is 17.2 Å². The number of rotatable bonds is 5. The van der Waals surface area contributed by atoms with E-state index in [1.807, 2.05) is 22.7 Å². The largest absolute Gasteiger partial charge is 0.399 e. The number of nitrogens with one attached hydrogen (secondary N) is 2. The first kappa shape index (κ1) is 15.8. The average Bonchev–Trinajstić information content (AvgIpc) is 3.22. The van der Waals surface area contributed by atoms with E-state index in [0.717, 1.165) is 42.4 Å². The third kappa shape index (κ3) is 3.26. The molecule has 4 rings (SSSR count). The molecule has 0 aliphatic carbocycles. The molecule has 4 N–H and O–H groups in total. The second-order valence-electron chi connectivity index (χ2n) is 6.26. The van der Waals surface area contributed by atoms with Gasteiger partial charge in [0.25, 0.3) is 0 Å². The van der Waals surface area contributed by atoms with Crippen LogP contribution in [0.5, 0.6) is 0 Å². The number of fused-ring (bicyclic) bond motifs is 1. The Labute approximate surface area is 145 Å². The molecule has 8 nitrogen and oxygen atoms in total. The van der Waals surface area contributed by atoms with E-state index in [4.69, 9.17) is 15.5 Å². The third-order valence-corrected chi connectivity index (χ3v) is 4.38. The summed E-state index contributed by atoms with van der Waals surface area (Å²) in [6.45, 7) is 1.60. The molecule has 1 saturated heterocycles. The quantitative estimate of drug-likeness (QED) is 0.641. The van der Waals surface area contributed by atoms with E-state index < -0.39 is 0 Å². The summed E-state index contributed by atoms with van der Waals surface area (Å²) < 4.78 is 7.16. The van der Waals surface area contributed by atoms with Crippen molar-refractivity contribution in [2.75, 3.05) is 31.3 Å². The molecule has 3 aromatic heterocycles. The highest BCUT2D eigenvalue weighted by atomic mass is 16.5. The van der Waals surface area contributed by atoms with Crippen LogP contribution in [0, 0.1) is 0 Å². The molecule has 2 atom stereocenters. The molecule has 0 saturated carbocycles. The van der Waals surface area contributed by atoms with Crippen molar-refractivity contribution in [3.63, 3.8) is 0 Å². The number of ether oxygens (including phenoxy) is 1. The second-order valence-corrected chi connectivity index (χ2v) is 6.26. The first-order chi connectivity index (χ1) is 12.2. The molecule has 0 radical (unpaired) electrons. The van der Waals surface area contributed by atoms with Crippen LogP contribution in [0.3, 0.4) is 0 Å². The SMILES string of the molecule is COC[C@@H]1C[C@@H](Nc2cncc(-c3cnc4cc(N)ccn34)n2)CN1. The zero-order valence-electron chi connectivity index (χ0n) is 14.0. The van der Waals surface area contributed by atoms with Crippen LogP contribution in [-0.2, 0) is 4.74 Å². The summed E-state index contributed by atoms with van der Waals surface area (Å²) in [7, 11) is 1.72. The van der Waals surface area contributed by atoms with Crippen molar-refractivity contribution in [2.45, 2.75) is 18.5 Å². The van der Waals surface area contributed by atoms with Crippen LogP contribution in [0.1, 0.15) is 6.42 Å². The maximum atomic E-state index is 5.81. The van der Waals surface area contributed by atoms with Crippen molar-refractivity contribution in [2.24, 2.45) is 0 Å². The number of nitrogens with two attached hydrogens (primary N) is 1. The molecule has 3 aromatic rings. The van der Waals surface area contributed by atoms with Crippen molar-refractivity contribution in [3.05, 3.63) is 36.9 Å².